The Kier molecular flexibility index (Phi) is 9.40. The van der Waals surface area contributed by atoms with Crippen molar-refractivity contribution in [3.8, 4) is 11.3 Å². The number of piperazine rings is 1. The van der Waals surface area contributed by atoms with Gasteiger partial charge in [0.2, 0.25) is 11.8 Å². The molecule has 2 aromatic carbocycles. The van der Waals surface area contributed by atoms with Crippen LogP contribution in [0.5, 0.6) is 0 Å². The van der Waals surface area contributed by atoms with Gasteiger partial charge in [0.15, 0.2) is 0 Å². The van der Waals surface area contributed by atoms with Gasteiger partial charge in [0, 0.05) is 55.3 Å². The standard InChI is InChI=1S/C35H41F2N5O3/c1-23(24-7-3-2-4-8-24)38-35(45)33-28-19-27(37)13-14-30(28)39-34(25-9-11-26(36)12-10-25)29(33)20-40-17-18-42(31(43)21-40)22-32(44)41-15-5-6-16-41/h9-14,19,23-24H,2-8,15-18,20-22H2,1H3,(H,38,45). The average molecular weight is 618 g/mol. The molecule has 1 N–H and O–H groups in total. The largest absolute Gasteiger partial charge is 0.349 e. The van der Waals surface area contributed by atoms with Crippen molar-refractivity contribution >= 4 is 28.6 Å². The van der Waals surface area contributed by atoms with Crippen molar-refractivity contribution in [3.05, 3.63) is 65.2 Å². The molecule has 1 unspecified atom stereocenters. The molecule has 3 amide bonds. The first-order valence-corrected chi connectivity index (χ1v) is 16.2. The fourth-order valence-corrected chi connectivity index (χ4v) is 7.08. The molecule has 3 aliphatic rings. The van der Waals surface area contributed by atoms with Gasteiger partial charge in [-0.1, -0.05) is 19.3 Å². The summed E-state index contributed by atoms with van der Waals surface area (Å²) in [7, 11) is 0. The van der Waals surface area contributed by atoms with E-state index in [0.29, 0.717) is 52.3 Å². The maximum atomic E-state index is 14.7. The van der Waals surface area contributed by atoms with Crippen LogP contribution in [0, 0.1) is 17.6 Å². The van der Waals surface area contributed by atoms with E-state index >= 15 is 0 Å². The number of carbonyl (C=O) groups excluding carboxylic acids is 3. The number of likely N-dealkylation sites (tertiary alicyclic amines) is 1. The summed E-state index contributed by atoms with van der Waals surface area (Å²) in [5, 5.41) is 3.62. The molecule has 3 fully saturated rings. The molecule has 1 atom stereocenters. The molecule has 0 bridgehead atoms. The Morgan fingerprint density at radius 1 is 0.933 bits per heavy atom. The van der Waals surface area contributed by atoms with Crippen molar-refractivity contribution in [3.63, 3.8) is 0 Å². The number of amides is 3. The second kappa shape index (κ2) is 13.6. The van der Waals surface area contributed by atoms with Crippen molar-refractivity contribution in [2.75, 3.05) is 39.3 Å². The minimum Gasteiger partial charge on any atom is -0.349 e. The Labute approximate surface area is 262 Å². The zero-order valence-electron chi connectivity index (χ0n) is 25.9. The highest BCUT2D eigenvalue weighted by Crippen LogP contribution is 2.33. The number of nitrogens with zero attached hydrogens (tertiary/aromatic N) is 4. The van der Waals surface area contributed by atoms with Gasteiger partial charge in [-0.15, -0.1) is 0 Å². The first-order valence-electron chi connectivity index (χ1n) is 16.2. The Morgan fingerprint density at radius 2 is 1.64 bits per heavy atom. The quantitative estimate of drug-likeness (QED) is 0.378. The molecule has 1 saturated carbocycles. The lowest BCUT2D eigenvalue weighted by Gasteiger charge is -2.35. The van der Waals surface area contributed by atoms with Crippen LogP contribution in [0.4, 0.5) is 8.78 Å². The lowest BCUT2D eigenvalue weighted by molar-refractivity contribution is -0.143. The number of rotatable bonds is 8. The normalized spacial score (nSPS) is 18.9. The zero-order valence-corrected chi connectivity index (χ0v) is 25.9. The molecule has 238 valence electrons. The number of fused-ring (bicyclic) bond motifs is 1. The second-order valence-electron chi connectivity index (χ2n) is 12.8. The van der Waals surface area contributed by atoms with E-state index in [2.05, 4.69) is 5.32 Å². The Hall–Kier alpha value is -3.92. The summed E-state index contributed by atoms with van der Waals surface area (Å²) in [5.74, 6) is -1.01. The zero-order chi connectivity index (χ0) is 31.5. The molecular formula is C35H41F2N5O3. The number of halogens is 2. The Bertz CT molecular complexity index is 1570. The van der Waals surface area contributed by atoms with Crippen LogP contribution in [0.25, 0.3) is 22.2 Å². The highest BCUT2D eigenvalue weighted by atomic mass is 19.1. The van der Waals surface area contributed by atoms with Crippen LogP contribution in [0.15, 0.2) is 42.5 Å². The second-order valence-corrected chi connectivity index (χ2v) is 12.8. The van der Waals surface area contributed by atoms with E-state index < -0.39 is 11.6 Å². The summed E-state index contributed by atoms with van der Waals surface area (Å²) in [6.45, 7) is 4.70. The molecule has 8 nitrogen and oxygen atoms in total. The number of hydrogen-bond acceptors (Lipinski definition) is 5. The fraction of sp³-hybridized carbons (Fsp3) is 0.486. The third-order valence-electron chi connectivity index (χ3n) is 9.67. The number of nitrogens with one attached hydrogen (secondary N) is 1. The van der Waals surface area contributed by atoms with Crippen molar-refractivity contribution in [1.82, 2.24) is 25.0 Å². The van der Waals surface area contributed by atoms with Crippen LogP contribution in [0.2, 0.25) is 0 Å². The van der Waals surface area contributed by atoms with Gasteiger partial charge in [-0.05, 0) is 81.0 Å². The highest BCUT2D eigenvalue weighted by molar-refractivity contribution is 6.09. The Morgan fingerprint density at radius 3 is 2.36 bits per heavy atom. The summed E-state index contributed by atoms with van der Waals surface area (Å²) < 4.78 is 28.7. The molecule has 0 radical (unpaired) electrons. The van der Waals surface area contributed by atoms with Gasteiger partial charge < -0.3 is 15.1 Å². The van der Waals surface area contributed by atoms with Crippen molar-refractivity contribution in [2.45, 2.75) is 64.5 Å². The Balaban J connectivity index is 1.34. The smallest absolute Gasteiger partial charge is 0.252 e. The van der Waals surface area contributed by atoms with Gasteiger partial charge in [0.25, 0.3) is 5.91 Å². The first-order chi connectivity index (χ1) is 21.8. The number of benzene rings is 2. The van der Waals surface area contributed by atoms with Gasteiger partial charge in [0.05, 0.1) is 29.9 Å². The molecule has 1 aromatic heterocycles. The van der Waals surface area contributed by atoms with E-state index in [0.717, 1.165) is 51.6 Å². The van der Waals surface area contributed by atoms with E-state index in [1.165, 1.54) is 30.7 Å². The van der Waals surface area contributed by atoms with Crippen LogP contribution in [-0.4, -0.2) is 82.7 Å². The SMILES string of the molecule is CC(NC(=O)c1c(CN2CCN(CC(=O)N3CCCC3)C(=O)C2)c(-c2ccc(F)cc2)nc2ccc(F)cc12)C1CCCCC1. The lowest BCUT2D eigenvalue weighted by Crippen LogP contribution is -2.53. The molecule has 3 heterocycles. The van der Waals surface area contributed by atoms with E-state index in [1.54, 1.807) is 23.1 Å². The van der Waals surface area contributed by atoms with Crippen LogP contribution >= 0.6 is 0 Å². The third-order valence-corrected chi connectivity index (χ3v) is 9.67. The van der Waals surface area contributed by atoms with Crippen LogP contribution in [0.1, 0.15) is 67.8 Å². The van der Waals surface area contributed by atoms with Crippen LogP contribution in [-0.2, 0) is 16.1 Å². The minimum absolute atomic E-state index is 0.0281. The fourth-order valence-electron chi connectivity index (χ4n) is 7.08. The lowest BCUT2D eigenvalue weighted by atomic mass is 9.84. The molecule has 10 heteroatoms. The maximum Gasteiger partial charge on any atom is 0.252 e. The summed E-state index contributed by atoms with van der Waals surface area (Å²) in [6.07, 6.45) is 7.55. The molecule has 0 spiro atoms. The summed E-state index contributed by atoms with van der Waals surface area (Å²) in [5.41, 5.74) is 2.44. The van der Waals surface area contributed by atoms with Crippen LogP contribution < -0.4 is 5.32 Å². The highest BCUT2D eigenvalue weighted by Gasteiger charge is 2.31. The monoisotopic (exact) mass is 617 g/mol. The summed E-state index contributed by atoms with van der Waals surface area (Å²) in [4.78, 5) is 50.5. The van der Waals surface area contributed by atoms with E-state index in [4.69, 9.17) is 4.98 Å². The molecule has 2 aliphatic heterocycles. The third kappa shape index (κ3) is 7.01. The predicted octanol–water partition coefficient (Wildman–Crippen LogP) is 5.15. The molecule has 6 rings (SSSR count). The van der Waals surface area contributed by atoms with Crippen molar-refractivity contribution in [1.29, 1.82) is 0 Å². The maximum absolute atomic E-state index is 14.7. The summed E-state index contributed by atoms with van der Waals surface area (Å²) >= 11 is 0. The molecule has 1 aliphatic carbocycles. The number of pyridine rings is 1. The number of carbonyl (C=O) groups is 3. The van der Waals surface area contributed by atoms with Crippen molar-refractivity contribution in [2.24, 2.45) is 5.92 Å². The van der Waals surface area contributed by atoms with E-state index in [-0.39, 0.29) is 43.4 Å². The van der Waals surface area contributed by atoms with Crippen molar-refractivity contribution < 1.29 is 23.2 Å². The molecule has 2 saturated heterocycles. The summed E-state index contributed by atoms with van der Waals surface area (Å²) in [6, 6.07) is 10.1. The number of hydrogen-bond donors (Lipinski definition) is 1. The topological polar surface area (TPSA) is 85.9 Å². The van der Waals surface area contributed by atoms with Gasteiger partial charge in [0.1, 0.15) is 11.6 Å². The average Bonchev–Trinajstić information content (AvgIpc) is 3.58. The number of aromatic nitrogens is 1. The van der Waals surface area contributed by atoms with E-state index in [9.17, 15) is 23.2 Å². The molecule has 3 aromatic rings. The minimum atomic E-state index is -0.481. The van der Waals surface area contributed by atoms with Crippen LogP contribution in [0.3, 0.4) is 0 Å². The van der Waals surface area contributed by atoms with Gasteiger partial charge in [-0.3, -0.25) is 19.3 Å². The van der Waals surface area contributed by atoms with Gasteiger partial charge in [-0.25, -0.2) is 13.8 Å². The molecule has 45 heavy (non-hydrogen) atoms. The molecular weight excluding hydrogens is 576 g/mol. The predicted molar refractivity (Wildman–Crippen MR) is 168 cm³/mol. The van der Waals surface area contributed by atoms with Gasteiger partial charge in [-0.2, -0.15) is 0 Å². The van der Waals surface area contributed by atoms with E-state index in [1.807, 2.05) is 16.7 Å². The van der Waals surface area contributed by atoms with Gasteiger partial charge >= 0.3 is 0 Å². The first kappa shape index (κ1) is 31.1.